The number of hydrogen-bond acceptors (Lipinski definition) is 3. The van der Waals surface area contributed by atoms with Crippen LogP contribution in [0, 0.1) is 11.3 Å². The predicted octanol–water partition coefficient (Wildman–Crippen LogP) is 2.32. The van der Waals surface area contributed by atoms with E-state index in [0.29, 0.717) is 31.1 Å². The van der Waals surface area contributed by atoms with Gasteiger partial charge in [0.15, 0.2) is 0 Å². The summed E-state index contributed by atoms with van der Waals surface area (Å²) in [4.78, 5) is 0. The van der Waals surface area contributed by atoms with E-state index in [4.69, 9.17) is 10.5 Å². The molecule has 0 aromatic carbocycles. The van der Waals surface area contributed by atoms with Crippen molar-refractivity contribution in [3.05, 3.63) is 0 Å². The fraction of sp³-hybridized carbons (Fsp3) is 1.00. The average Bonchev–Trinajstić information content (AvgIpc) is 2.14. The van der Waals surface area contributed by atoms with Crippen molar-refractivity contribution in [3.63, 3.8) is 0 Å². The molecule has 0 bridgehead atoms. The highest BCUT2D eigenvalue weighted by molar-refractivity contribution is 4.83. The lowest BCUT2D eigenvalue weighted by atomic mass is 9.71. The van der Waals surface area contributed by atoms with Gasteiger partial charge in [-0.05, 0) is 37.5 Å². The van der Waals surface area contributed by atoms with Crippen molar-refractivity contribution in [2.45, 2.75) is 65.1 Å². The van der Waals surface area contributed by atoms with Gasteiger partial charge in [0, 0.05) is 19.6 Å². The van der Waals surface area contributed by atoms with E-state index >= 15 is 0 Å². The van der Waals surface area contributed by atoms with Crippen molar-refractivity contribution in [1.82, 2.24) is 0 Å². The summed E-state index contributed by atoms with van der Waals surface area (Å²) in [6.07, 6.45) is 4.53. The van der Waals surface area contributed by atoms with E-state index in [-0.39, 0.29) is 0 Å². The largest absolute Gasteiger partial charge is 0.389 e. The standard InChI is InChI=1S/C14H29NO2/c1-11-7-12(9-13(2,3)8-11)17-6-5-14(4,16)10-15/h11-12,16H,5-10,15H2,1-4H3. The molecule has 1 saturated carbocycles. The maximum Gasteiger partial charge on any atom is 0.0763 e. The summed E-state index contributed by atoms with van der Waals surface area (Å²) in [7, 11) is 0. The molecule has 0 spiro atoms. The lowest BCUT2D eigenvalue weighted by Crippen LogP contribution is -2.37. The van der Waals surface area contributed by atoms with Crippen molar-refractivity contribution in [3.8, 4) is 0 Å². The van der Waals surface area contributed by atoms with Crippen molar-refractivity contribution in [1.29, 1.82) is 0 Å². The van der Waals surface area contributed by atoms with E-state index in [1.807, 2.05) is 0 Å². The molecule has 0 saturated heterocycles. The van der Waals surface area contributed by atoms with Gasteiger partial charge in [0.2, 0.25) is 0 Å². The van der Waals surface area contributed by atoms with Crippen molar-refractivity contribution >= 4 is 0 Å². The molecule has 1 rings (SSSR count). The minimum atomic E-state index is -0.782. The minimum Gasteiger partial charge on any atom is -0.389 e. The van der Waals surface area contributed by atoms with Gasteiger partial charge in [-0.2, -0.15) is 0 Å². The predicted molar refractivity (Wildman–Crippen MR) is 70.8 cm³/mol. The molecule has 3 atom stereocenters. The van der Waals surface area contributed by atoms with Crippen LogP contribution in [0.5, 0.6) is 0 Å². The van der Waals surface area contributed by atoms with Crippen LogP contribution in [0.2, 0.25) is 0 Å². The van der Waals surface area contributed by atoms with E-state index in [1.165, 1.54) is 6.42 Å². The van der Waals surface area contributed by atoms with Gasteiger partial charge in [0.1, 0.15) is 0 Å². The molecule has 0 radical (unpaired) electrons. The Hall–Kier alpha value is -0.120. The summed E-state index contributed by atoms with van der Waals surface area (Å²) < 4.78 is 5.91. The van der Waals surface area contributed by atoms with E-state index in [2.05, 4.69) is 20.8 Å². The van der Waals surface area contributed by atoms with Gasteiger partial charge in [0.05, 0.1) is 11.7 Å². The molecule has 0 heterocycles. The van der Waals surface area contributed by atoms with Gasteiger partial charge in [-0.3, -0.25) is 0 Å². The van der Waals surface area contributed by atoms with Crippen LogP contribution >= 0.6 is 0 Å². The third-order valence-electron chi connectivity index (χ3n) is 3.78. The van der Waals surface area contributed by atoms with Gasteiger partial charge in [0.25, 0.3) is 0 Å². The Morgan fingerprint density at radius 2 is 2.06 bits per heavy atom. The van der Waals surface area contributed by atoms with Crippen molar-refractivity contribution in [2.75, 3.05) is 13.2 Å². The smallest absolute Gasteiger partial charge is 0.0763 e. The van der Waals surface area contributed by atoms with Crippen LogP contribution in [0.3, 0.4) is 0 Å². The molecular weight excluding hydrogens is 214 g/mol. The summed E-state index contributed by atoms with van der Waals surface area (Å²) in [6, 6.07) is 0. The zero-order valence-corrected chi connectivity index (χ0v) is 11.8. The quantitative estimate of drug-likeness (QED) is 0.779. The van der Waals surface area contributed by atoms with Crippen LogP contribution in [-0.2, 0) is 4.74 Å². The van der Waals surface area contributed by atoms with Crippen LogP contribution in [0.15, 0.2) is 0 Å². The lowest BCUT2D eigenvalue weighted by molar-refractivity contribution is -0.0465. The van der Waals surface area contributed by atoms with Crippen LogP contribution < -0.4 is 5.73 Å². The summed E-state index contributed by atoms with van der Waals surface area (Å²) in [5.41, 5.74) is 5.09. The molecule has 1 fully saturated rings. The van der Waals surface area contributed by atoms with E-state index in [0.717, 1.165) is 18.8 Å². The zero-order valence-electron chi connectivity index (χ0n) is 11.8. The number of hydrogen-bond donors (Lipinski definition) is 2. The van der Waals surface area contributed by atoms with Gasteiger partial charge in [-0.1, -0.05) is 20.8 Å². The lowest BCUT2D eigenvalue weighted by Gasteiger charge is -2.39. The Bertz CT molecular complexity index is 238. The molecule has 0 aromatic rings. The van der Waals surface area contributed by atoms with Crippen molar-refractivity contribution in [2.24, 2.45) is 17.1 Å². The molecule has 1 aliphatic carbocycles. The maximum absolute atomic E-state index is 9.80. The number of nitrogens with two attached hydrogens (primary N) is 1. The summed E-state index contributed by atoms with van der Waals surface area (Å²) >= 11 is 0. The Labute approximate surface area is 106 Å². The molecule has 0 aliphatic heterocycles. The highest BCUT2D eigenvalue weighted by Crippen LogP contribution is 2.39. The Morgan fingerprint density at radius 1 is 1.41 bits per heavy atom. The first kappa shape index (κ1) is 14.9. The van der Waals surface area contributed by atoms with Gasteiger partial charge >= 0.3 is 0 Å². The van der Waals surface area contributed by atoms with Crippen LogP contribution in [0.1, 0.15) is 53.4 Å². The maximum atomic E-state index is 9.80. The first-order chi connectivity index (χ1) is 7.74. The summed E-state index contributed by atoms with van der Waals surface area (Å²) in [5, 5.41) is 9.80. The number of ether oxygens (including phenoxy) is 1. The van der Waals surface area contributed by atoms with Gasteiger partial charge < -0.3 is 15.6 Å². The third-order valence-corrected chi connectivity index (χ3v) is 3.78. The zero-order chi connectivity index (χ0) is 13.1. The highest BCUT2D eigenvalue weighted by atomic mass is 16.5. The molecule has 1 aliphatic rings. The molecule has 3 unspecified atom stereocenters. The molecule has 17 heavy (non-hydrogen) atoms. The topological polar surface area (TPSA) is 55.5 Å². The third kappa shape index (κ3) is 5.36. The Balaban J connectivity index is 2.32. The Morgan fingerprint density at radius 3 is 2.59 bits per heavy atom. The number of rotatable bonds is 5. The van der Waals surface area contributed by atoms with Gasteiger partial charge in [-0.15, -0.1) is 0 Å². The second-order valence-corrected chi connectivity index (χ2v) is 6.86. The molecule has 0 amide bonds. The van der Waals surface area contributed by atoms with Crippen LogP contribution in [-0.4, -0.2) is 30.0 Å². The van der Waals surface area contributed by atoms with E-state index in [9.17, 15) is 5.11 Å². The van der Waals surface area contributed by atoms with Crippen molar-refractivity contribution < 1.29 is 9.84 Å². The molecular formula is C14H29NO2. The molecule has 3 nitrogen and oxygen atoms in total. The average molecular weight is 243 g/mol. The normalized spacial score (nSPS) is 32.1. The van der Waals surface area contributed by atoms with E-state index < -0.39 is 5.60 Å². The fourth-order valence-corrected chi connectivity index (χ4v) is 2.93. The second-order valence-electron chi connectivity index (χ2n) is 6.86. The van der Waals surface area contributed by atoms with Gasteiger partial charge in [-0.25, -0.2) is 0 Å². The molecule has 102 valence electrons. The molecule has 3 heteroatoms. The summed E-state index contributed by atoms with van der Waals surface area (Å²) in [5.74, 6) is 0.735. The molecule has 0 aromatic heterocycles. The first-order valence-corrected chi connectivity index (χ1v) is 6.78. The fourth-order valence-electron chi connectivity index (χ4n) is 2.93. The molecule has 3 N–H and O–H groups in total. The van der Waals surface area contributed by atoms with E-state index in [1.54, 1.807) is 6.92 Å². The number of aliphatic hydroxyl groups is 1. The monoisotopic (exact) mass is 243 g/mol. The Kier molecular flexibility index (Phi) is 4.99. The van der Waals surface area contributed by atoms with Crippen LogP contribution in [0.4, 0.5) is 0 Å². The summed E-state index contributed by atoms with van der Waals surface area (Å²) in [6.45, 7) is 9.60. The first-order valence-electron chi connectivity index (χ1n) is 6.78. The SMILES string of the molecule is CC1CC(OCCC(C)(O)CN)CC(C)(C)C1. The highest BCUT2D eigenvalue weighted by Gasteiger charge is 2.32. The minimum absolute atomic E-state index is 0.295. The second kappa shape index (κ2) is 5.68. The van der Waals surface area contributed by atoms with Crippen LogP contribution in [0.25, 0.3) is 0 Å².